The van der Waals surface area contributed by atoms with Crippen LogP contribution in [0.15, 0.2) is 24.3 Å². The Kier molecular flexibility index (Phi) is 6.03. The average Bonchev–Trinajstić information content (AvgIpc) is 2.85. The van der Waals surface area contributed by atoms with Crippen molar-refractivity contribution in [1.82, 2.24) is 9.88 Å². The van der Waals surface area contributed by atoms with Gasteiger partial charge in [0.1, 0.15) is 0 Å². The lowest BCUT2D eigenvalue weighted by Crippen LogP contribution is -2.28. The molecule has 2 rings (SSSR count). The monoisotopic (exact) mass is 323 g/mol. The molecule has 1 N–H and O–H groups in total. The number of aromatic nitrogens is 1. The molecule has 0 unspecified atom stereocenters. The van der Waals surface area contributed by atoms with Crippen molar-refractivity contribution >= 4 is 28.1 Å². The molecule has 0 amide bonds. The fourth-order valence-corrected chi connectivity index (χ4v) is 3.20. The van der Waals surface area contributed by atoms with E-state index < -0.39 is 0 Å². The molecule has 1 aromatic carbocycles. The Bertz CT molecular complexity index is 561. The van der Waals surface area contributed by atoms with Crippen LogP contribution in [0.3, 0.4) is 0 Å². The van der Waals surface area contributed by atoms with Crippen molar-refractivity contribution in [2.24, 2.45) is 0 Å². The molecule has 21 heavy (non-hydrogen) atoms. The maximum atomic E-state index is 5.93. The number of benzene rings is 1. The molecule has 0 aliphatic rings. The van der Waals surface area contributed by atoms with Gasteiger partial charge in [0.25, 0.3) is 0 Å². The first-order valence-electron chi connectivity index (χ1n) is 7.33. The summed E-state index contributed by atoms with van der Waals surface area (Å²) in [5.74, 6) is 0. The van der Waals surface area contributed by atoms with Gasteiger partial charge in [0, 0.05) is 28.6 Å². The van der Waals surface area contributed by atoms with E-state index >= 15 is 0 Å². The molecule has 1 aromatic heterocycles. The zero-order valence-corrected chi connectivity index (χ0v) is 14.4. The van der Waals surface area contributed by atoms with E-state index in [0.29, 0.717) is 0 Å². The van der Waals surface area contributed by atoms with Crippen LogP contribution in [0.5, 0.6) is 0 Å². The molecule has 0 saturated heterocycles. The quantitative estimate of drug-likeness (QED) is 0.811. The van der Waals surface area contributed by atoms with Crippen LogP contribution in [-0.4, -0.2) is 36.1 Å². The molecule has 3 nitrogen and oxygen atoms in total. The van der Waals surface area contributed by atoms with Crippen molar-refractivity contribution in [3.05, 3.63) is 34.2 Å². The maximum absolute atomic E-state index is 5.93. The van der Waals surface area contributed by atoms with Gasteiger partial charge in [-0.15, -0.1) is 11.3 Å². The van der Waals surface area contributed by atoms with Crippen molar-refractivity contribution < 1.29 is 0 Å². The van der Waals surface area contributed by atoms with Gasteiger partial charge in [-0.25, -0.2) is 4.98 Å². The van der Waals surface area contributed by atoms with Gasteiger partial charge < -0.3 is 10.2 Å². The number of hydrogen-bond donors (Lipinski definition) is 1. The zero-order chi connectivity index (χ0) is 15.2. The van der Waals surface area contributed by atoms with Crippen molar-refractivity contribution in [2.75, 3.05) is 31.5 Å². The van der Waals surface area contributed by atoms with Crippen LogP contribution in [0, 0.1) is 6.92 Å². The number of nitrogens with zero attached hydrogens (tertiary/aromatic N) is 2. The minimum absolute atomic E-state index is 0.754. The van der Waals surface area contributed by atoms with Gasteiger partial charge in [0.2, 0.25) is 0 Å². The third kappa shape index (κ3) is 4.43. The molecule has 0 atom stereocenters. The third-order valence-electron chi connectivity index (χ3n) is 3.51. The van der Waals surface area contributed by atoms with Crippen LogP contribution in [0.1, 0.15) is 18.7 Å². The molecule has 0 aliphatic heterocycles. The number of rotatable bonds is 7. The Morgan fingerprint density at radius 2 is 1.86 bits per heavy atom. The normalized spacial score (nSPS) is 11.1. The lowest BCUT2D eigenvalue weighted by molar-refractivity contribution is 0.316. The summed E-state index contributed by atoms with van der Waals surface area (Å²) >= 11 is 7.64. The molecular formula is C16H22ClN3S. The van der Waals surface area contributed by atoms with Gasteiger partial charge in [0.05, 0.1) is 5.69 Å². The summed E-state index contributed by atoms with van der Waals surface area (Å²) in [5, 5.41) is 5.17. The lowest BCUT2D eigenvalue weighted by Gasteiger charge is -2.17. The Labute approximate surface area is 136 Å². The molecule has 5 heteroatoms. The highest BCUT2D eigenvalue weighted by Crippen LogP contribution is 2.30. The number of likely N-dealkylation sites (N-methyl/N-ethyl adjacent to an activating group) is 1. The molecule has 0 bridgehead atoms. The first-order chi connectivity index (χ1) is 10.1. The standard InChI is InChI=1S/C16H22ClN3S/c1-4-20(5-2)11-10-18-16-19-15(12(3)21-16)13-6-8-14(17)9-7-13/h6-9H,4-5,10-11H2,1-3H3,(H,18,19). The van der Waals surface area contributed by atoms with Gasteiger partial charge >= 0.3 is 0 Å². The van der Waals surface area contributed by atoms with Gasteiger partial charge in [-0.05, 0) is 32.1 Å². The summed E-state index contributed by atoms with van der Waals surface area (Å²) in [6, 6.07) is 7.85. The summed E-state index contributed by atoms with van der Waals surface area (Å²) in [7, 11) is 0. The fourth-order valence-electron chi connectivity index (χ4n) is 2.21. The van der Waals surface area contributed by atoms with Crippen molar-refractivity contribution in [2.45, 2.75) is 20.8 Å². The molecule has 0 saturated carbocycles. The van der Waals surface area contributed by atoms with Crippen molar-refractivity contribution in [3.63, 3.8) is 0 Å². The summed E-state index contributed by atoms with van der Waals surface area (Å²) in [6.45, 7) is 10.6. The van der Waals surface area contributed by atoms with E-state index in [9.17, 15) is 0 Å². The van der Waals surface area contributed by atoms with E-state index in [4.69, 9.17) is 16.6 Å². The summed E-state index contributed by atoms with van der Waals surface area (Å²) < 4.78 is 0. The van der Waals surface area contributed by atoms with E-state index in [1.54, 1.807) is 11.3 Å². The number of hydrogen-bond acceptors (Lipinski definition) is 4. The molecule has 0 radical (unpaired) electrons. The average molecular weight is 324 g/mol. The van der Waals surface area contributed by atoms with Crippen LogP contribution in [0.25, 0.3) is 11.3 Å². The molecular weight excluding hydrogens is 302 g/mol. The third-order valence-corrected chi connectivity index (χ3v) is 4.69. The van der Waals surface area contributed by atoms with Crippen LogP contribution >= 0.6 is 22.9 Å². The Balaban J connectivity index is 2.00. The number of anilines is 1. The summed E-state index contributed by atoms with van der Waals surface area (Å²) in [4.78, 5) is 8.33. The molecule has 0 fully saturated rings. The minimum Gasteiger partial charge on any atom is -0.360 e. The number of aryl methyl sites for hydroxylation is 1. The Morgan fingerprint density at radius 3 is 2.48 bits per heavy atom. The van der Waals surface area contributed by atoms with Gasteiger partial charge in [0.15, 0.2) is 5.13 Å². The summed E-state index contributed by atoms with van der Waals surface area (Å²) in [6.07, 6.45) is 0. The molecule has 1 heterocycles. The highest BCUT2D eigenvalue weighted by molar-refractivity contribution is 7.16. The van der Waals surface area contributed by atoms with Crippen molar-refractivity contribution in [1.29, 1.82) is 0 Å². The largest absolute Gasteiger partial charge is 0.360 e. The molecule has 114 valence electrons. The first kappa shape index (κ1) is 16.3. The lowest BCUT2D eigenvalue weighted by atomic mass is 10.1. The predicted molar refractivity (Wildman–Crippen MR) is 93.6 cm³/mol. The van der Waals surface area contributed by atoms with E-state index in [0.717, 1.165) is 47.6 Å². The van der Waals surface area contributed by atoms with E-state index in [1.165, 1.54) is 4.88 Å². The van der Waals surface area contributed by atoms with Crippen LogP contribution in [0.4, 0.5) is 5.13 Å². The first-order valence-corrected chi connectivity index (χ1v) is 8.53. The minimum atomic E-state index is 0.754. The molecule has 2 aromatic rings. The van der Waals surface area contributed by atoms with Crippen LogP contribution in [-0.2, 0) is 0 Å². The fraction of sp³-hybridized carbons (Fsp3) is 0.438. The second kappa shape index (κ2) is 7.78. The highest BCUT2D eigenvalue weighted by Gasteiger charge is 2.09. The molecule has 0 aliphatic carbocycles. The number of thiazole rings is 1. The van der Waals surface area contributed by atoms with Gasteiger partial charge in [-0.1, -0.05) is 37.6 Å². The maximum Gasteiger partial charge on any atom is 0.183 e. The van der Waals surface area contributed by atoms with Gasteiger partial charge in [-0.2, -0.15) is 0 Å². The Hall–Kier alpha value is -1.10. The van der Waals surface area contributed by atoms with Crippen LogP contribution in [0.2, 0.25) is 5.02 Å². The highest BCUT2D eigenvalue weighted by atomic mass is 35.5. The van der Waals surface area contributed by atoms with E-state index in [1.807, 2.05) is 24.3 Å². The number of halogens is 1. The number of nitrogens with one attached hydrogen (secondary N) is 1. The van der Waals surface area contributed by atoms with E-state index in [-0.39, 0.29) is 0 Å². The topological polar surface area (TPSA) is 28.2 Å². The smallest absolute Gasteiger partial charge is 0.183 e. The van der Waals surface area contributed by atoms with Crippen molar-refractivity contribution in [3.8, 4) is 11.3 Å². The van der Waals surface area contributed by atoms with E-state index in [2.05, 4.69) is 31.0 Å². The second-order valence-electron chi connectivity index (χ2n) is 4.88. The summed E-state index contributed by atoms with van der Waals surface area (Å²) in [5.41, 5.74) is 2.16. The van der Waals surface area contributed by atoms with Gasteiger partial charge in [-0.3, -0.25) is 0 Å². The van der Waals surface area contributed by atoms with Crippen LogP contribution < -0.4 is 5.32 Å². The Morgan fingerprint density at radius 1 is 1.19 bits per heavy atom. The second-order valence-corrected chi connectivity index (χ2v) is 6.52. The SMILES string of the molecule is CCN(CC)CCNc1nc(-c2ccc(Cl)cc2)c(C)s1. The predicted octanol–water partition coefficient (Wildman–Crippen LogP) is 4.53. The molecule has 0 spiro atoms. The zero-order valence-electron chi connectivity index (χ0n) is 12.8.